The molecule has 3 N–H and O–H groups in total. The number of amides is 1. The molecular formula is C11H15N3O5S2. The fourth-order valence-corrected chi connectivity index (χ4v) is 4.41. The predicted molar refractivity (Wildman–Crippen MR) is 76.8 cm³/mol. The van der Waals surface area contributed by atoms with Crippen molar-refractivity contribution in [2.45, 2.75) is 4.90 Å². The van der Waals surface area contributed by atoms with Crippen molar-refractivity contribution in [2.24, 2.45) is 0 Å². The summed E-state index contributed by atoms with van der Waals surface area (Å²) in [6, 6.07) is 1.22. The molecule has 1 saturated heterocycles. The second kappa shape index (κ2) is 6.50. The van der Waals surface area contributed by atoms with E-state index < -0.39 is 28.4 Å². The Bertz CT molecular complexity index is 634. The van der Waals surface area contributed by atoms with E-state index in [1.54, 1.807) is 11.8 Å². The van der Waals surface area contributed by atoms with Crippen molar-refractivity contribution in [2.75, 3.05) is 31.1 Å². The Hall–Kier alpha value is -1.52. The Balaban J connectivity index is 2.11. The third kappa shape index (κ3) is 3.77. The number of carboxylic acids is 1. The fourth-order valence-electron chi connectivity index (χ4n) is 1.84. The molecule has 1 aliphatic rings. The number of sulfonamides is 1. The topological polar surface area (TPSA) is 120 Å². The summed E-state index contributed by atoms with van der Waals surface area (Å²) >= 11 is 1.70. The van der Waals surface area contributed by atoms with Gasteiger partial charge < -0.3 is 15.4 Å². The van der Waals surface area contributed by atoms with Crippen molar-refractivity contribution >= 4 is 33.7 Å². The minimum absolute atomic E-state index is 0.00914. The minimum atomic E-state index is -3.61. The predicted octanol–water partition coefficient (Wildman–Crippen LogP) is -0.433. The summed E-state index contributed by atoms with van der Waals surface area (Å²) in [6.07, 6.45) is 1.24. The van der Waals surface area contributed by atoms with Crippen LogP contribution >= 0.6 is 11.8 Å². The van der Waals surface area contributed by atoms with Gasteiger partial charge in [0.2, 0.25) is 10.0 Å². The maximum atomic E-state index is 12.4. The van der Waals surface area contributed by atoms with Gasteiger partial charge in [-0.3, -0.25) is 9.59 Å². The monoisotopic (exact) mass is 333 g/mol. The lowest BCUT2D eigenvalue weighted by Crippen LogP contribution is -2.37. The first kappa shape index (κ1) is 15.9. The van der Waals surface area contributed by atoms with Crippen molar-refractivity contribution < 1.29 is 23.1 Å². The zero-order valence-corrected chi connectivity index (χ0v) is 12.7. The van der Waals surface area contributed by atoms with Crippen LogP contribution in [-0.4, -0.2) is 65.8 Å². The third-order valence-electron chi connectivity index (χ3n) is 2.91. The number of aliphatic carboxylic acids is 1. The SMILES string of the molecule is O=C(O)CNC(=O)c1cc(S(=O)(=O)N2CCSCC2)c[nH]1. The first-order valence-electron chi connectivity index (χ1n) is 6.17. The second-order valence-corrected chi connectivity index (χ2v) is 7.50. The van der Waals surface area contributed by atoms with Crippen molar-refractivity contribution in [3.8, 4) is 0 Å². The molecule has 21 heavy (non-hydrogen) atoms. The van der Waals surface area contributed by atoms with Crippen LogP contribution in [-0.2, 0) is 14.8 Å². The van der Waals surface area contributed by atoms with E-state index in [-0.39, 0.29) is 10.6 Å². The van der Waals surface area contributed by atoms with Gasteiger partial charge in [0.1, 0.15) is 17.1 Å². The van der Waals surface area contributed by atoms with Gasteiger partial charge in [-0.15, -0.1) is 0 Å². The molecule has 2 heterocycles. The summed E-state index contributed by atoms with van der Waals surface area (Å²) < 4.78 is 26.1. The summed E-state index contributed by atoms with van der Waals surface area (Å²) in [5, 5.41) is 10.6. The molecular weight excluding hydrogens is 318 g/mol. The highest BCUT2D eigenvalue weighted by atomic mass is 32.2. The van der Waals surface area contributed by atoms with Crippen LogP contribution < -0.4 is 5.32 Å². The van der Waals surface area contributed by atoms with Gasteiger partial charge >= 0.3 is 5.97 Å². The molecule has 0 aromatic carbocycles. The van der Waals surface area contributed by atoms with Crippen molar-refractivity contribution in [3.05, 3.63) is 18.0 Å². The van der Waals surface area contributed by atoms with Gasteiger partial charge in [0.05, 0.1) is 0 Å². The van der Waals surface area contributed by atoms with Crippen LogP contribution in [0.2, 0.25) is 0 Å². The largest absolute Gasteiger partial charge is 0.480 e. The summed E-state index contributed by atoms with van der Waals surface area (Å²) in [7, 11) is -3.61. The van der Waals surface area contributed by atoms with Crippen LogP contribution in [0.25, 0.3) is 0 Å². The van der Waals surface area contributed by atoms with Crippen LogP contribution in [0.3, 0.4) is 0 Å². The molecule has 0 radical (unpaired) electrons. The Morgan fingerprint density at radius 2 is 2.05 bits per heavy atom. The molecule has 116 valence electrons. The molecule has 0 atom stereocenters. The number of nitrogens with zero attached hydrogens (tertiary/aromatic N) is 1. The van der Waals surface area contributed by atoms with Crippen LogP contribution in [0, 0.1) is 0 Å². The van der Waals surface area contributed by atoms with Crippen molar-refractivity contribution in [1.82, 2.24) is 14.6 Å². The lowest BCUT2D eigenvalue weighted by atomic mass is 10.4. The number of carboxylic acid groups (broad SMARTS) is 1. The van der Waals surface area contributed by atoms with Crippen molar-refractivity contribution in [1.29, 1.82) is 0 Å². The number of carbonyl (C=O) groups excluding carboxylic acids is 1. The van der Waals surface area contributed by atoms with Crippen LogP contribution in [0.5, 0.6) is 0 Å². The summed E-state index contributed by atoms with van der Waals surface area (Å²) in [4.78, 5) is 24.6. The summed E-state index contributed by atoms with van der Waals surface area (Å²) in [5.41, 5.74) is 0.0150. The molecule has 1 aliphatic heterocycles. The minimum Gasteiger partial charge on any atom is -0.480 e. The Morgan fingerprint density at radius 3 is 2.67 bits per heavy atom. The molecule has 0 saturated carbocycles. The zero-order valence-electron chi connectivity index (χ0n) is 11.0. The van der Waals surface area contributed by atoms with E-state index >= 15 is 0 Å². The number of hydrogen-bond donors (Lipinski definition) is 3. The highest BCUT2D eigenvalue weighted by Crippen LogP contribution is 2.20. The Labute approximate surface area is 126 Å². The molecule has 1 aromatic rings. The number of nitrogens with one attached hydrogen (secondary N) is 2. The highest BCUT2D eigenvalue weighted by molar-refractivity contribution is 7.99. The first-order chi connectivity index (χ1) is 9.91. The van der Waals surface area contributed by atoms with E-state index in [0.717, 1.165) is 11.5 Å². The van der Waals surface area contributed by atoms with Gasteiger partial charge in [0.25, 0.3) is 5.91 Å². The zero-order chi connectivity index (χ0) is 15.5. The van der Waals surface area contributed by atoms with E-state index in [4.69, 9.17) is 5.11 Å². The molecule has 0 bridgehead atoms. The van der Waals surface area contributed by atoms with E-state index in [0.29, 0.717) is 13.1 Å². The standard InChI is InChI=1S/C11H15N3O5S2/c15-10(16)7-13-11(17)9-5-8(6-12-9)21(18,19)14-1-3-20-4-2-14/h5-6,12H,1-4,7H2,(H,13,17)(H,15,16). The van der Waals surface area contributed by atoms with E-state index in [2.05, 4.69) is 10.3 Å². The van der Waals surface area contributed by atoms with Gasteiger partial charge in [-0.25, -0.2) is 8.42 Å². The van der Waals surface area contributed by atoms with Crippen LogP contribution in [0.15, 0.2) is 17.2 Å². The molecule has 1 fully saturated rings. The lowest BCUT2D eigenvalue weighted by molar-refractivity contribution is -0.135. The average Bonchev–Trinajstić information content (AvgIpc) is 2.96. The average molecular weight is 333 g/mol. The molecule has 8 nitrogen and oxygen atoms in total. The van der Waals surface area contributed by atoms with E-state index in [1.165, 1.54) is 16.6 Å². The summed E-state index contributed by atoms with van der Waals surface area (Å²) in [6.45, 7) is 0.362. The molecule has 0 unspecified atom stereocenters. The molecule has 1 amide bonds. The fraction of sp³-hybridized carbons (Fsp3) is 0.455. The first-order valence-corrected chi connectivity index (χ1v) is 8.77. The number of rotatable bonds is 5. The van der Waals surface area contributed by atoms with Gasteiger partial charge in [-0.1, -0.05) is 0 Å². The Kier molecular flexibility index (Phi) is 4.91. The molecule has 0 aliphatic carbocycles. The number of thioether (sulfide) groups is 1. The quantitative estimate of drug-likeness (QED) is 0.672. The normalized spacial score (nSPS) is 16.6. The molecule has 1 aromatic heterocycles. The summed E-state index contributed by atoms with van der Waals surface area (Å²) in [5.74, 6) is -0.341. The molecule has 2 rings (SSSR count). The van der Waals surface area contributed by atoms with E-state index in [1.807, 2.05) is 0 Å². The number of hydrogen-bond acceptors (Lipinski definition) is 5. The second-order valence-electron chi connectivity index (χ2n) is 4.34. The van der Waals surface area contributed by atoms with Crippen LogP contribution in [0.4, 0.5) is 0 Å². The third-order valence-corrected chi connectivity index (χ3v) is 5.73. The Morgan fingerprint density at radius 1 is 1.38 bits per heavy atom. The van der Waals surface area contributed by atoms with Gasteiger partial charge in [-0.2, -0.15) is 16.1 Å². The van der Waals surface area contributed by atoms with Gasteiger partial charge in [-0.05, 0) is 6.07 Å². The highest BCUT2D eigenvalue weighted by Gasteiger charge is 2.27. The maximum absolute atomic E-state index is 12.4. The molecule has 10 heteroatoms. The maximum Gasteiger partial charge on any atom is 0.322 e. The van der Waals surface area contributed by atoms with Crippen molar-refractivity contribution in [3.63, 3.8) is 0 Å². The smallest absolute Gasteiger partial charge is 0.322 e. The van der Waals surface area contributed by atoms with E-state index in [9.17, 15) is 18.0 Å². The number of aromatic amines is 1. The number of aromatic nitrogens is 1. The molecule has 0 spiro atoms. The number of H-pyrrole nitrogens is 1. The van der Waals surface area contributed by atoms with Gasteiger partial charge in [0.15, 0.2) is 0 Å². The lowest BCUT2D eigenvalue weighted by Gasteiger charge is -2.24. The van der Waals surface area contributed by atoms with Gasteiger partial charge in [0, 0.05) is 30.8 Å². The van der Waals surface area contributed by atoms with Crippen LogP contribution in [0.1, 0.15) is 10.5 Å². The number of carbonyl (C=O) groups is 2.